The second kappa shape index (κ2) is 18.7. The van der Waals surface area contributed by atoms with Crippen LogP contribution in [0.15, 0.2) is 12.1 Å². The lowest BCUT2D eigenvalue weighted by Gasteiger charge is -2.29. The highest BCUT2D eigenvalue weighted by Gasteiger charge is 2.41. The van der Waals surface area contributed by atoms with Gasteiger partial charge in [0.05, 0.1) is 0 Å². The molecule has 1 rings (SSSR count). The highest BCUT2D eigenvalue weighted by molar-refractivity contribution is 7.97. The van der Waals surface area contributed by atoms with Crippen molar-refractivity contribution in [1.29, 1.82) is 0 Å². The summed E-state index contributed by atoms with van der Waals surface area (Å²) in [7, 11) is -5.67. The van der Waals surface area contributed by atoms with Gasteiger partial charge in [-0.05, 0) is 84.4 Å². The largest absolute Gasteiger partial charge is 0.500 e. The Balaban J connectivity index is 3.25. The Labute approximate surface area is 242 Å². The molecule has 0 unspecified atom stereocenters. The third-order valence-electron chi connectivity index (χ3n) is 5.87. The summed E-state index contributed by atoms with van der Waals surface area (Å²) in [6.45, 7) is 14.5. The zero-order valence-corrected chi connectivity index (χ0v) is 27.6. The number of rotatable bonds is 22. The highest BCUT2D eigenvalue weighted by atomic mass is 32.1. The number of carbonyl (C=O) groups excluding carboxylic acids is 2. The van der Waals surface area contributed by atoms with Gasteiger partial charge in [-0.3, -0.25) is 9.59 Å². The number of carbonyl (C=O) groups is 2. The van der Waals surface area contributed by atoms with E-state index in [1.807, 2.05) is 47.6 Å². The molecule has 0 saturated heterocycles. The van der Waals surface area contributed by atoms with Gasteiger partial charge in [0, 0.05) is 62.9 Å². The maximum atomic E-state index is 12.8. The molecule has 0 heterocycles. The van der Waals surface area contributed by atoms with Crippen LogP contribution in [-0.4, -0.2) is 67.5 Å². The maximum absolute atomic E-state index is 12.8. The van der Waals surface area contributed by atoms with Crippen LogP contribution in [0.25, 0.3) is 0 Å². The summed E-state index contributed by atoms with van der Waals surface area (Å²) in [5.74, 6) is 0. The van der Waals surface area contributed by atoms with Crippen LogP contribution < -0.4 is 0 Å². The number of aryl methyl sites for hydroxylation is 1. The van der Waals surface area contributed by atoms with Crippen molar-refractivity contribution in [1.82, 2.24) is 0 Å². The molecular weight excluding hydrogens is 561 g/mol. The van der Waals surface area contributed by atoms with Crippen LogP contribution in [0.3, 0.4) is 0 Å². The molecule has 0 N–H and O–H groups in total. The van der Waals surface area contributed by atoms with Crippen molar-refractivity contribution in [3.63, 3.8) is 0 Å². The summed E-state index contributed by atoms with van der Waals surface area (Å²) in [4.78, 5) is 25.2. The lowest BCUT2D eigenvalue weighted by atomic mass is 9.92. The molecule has 1 aromatic carbocycles. The van der Waals surface area contributed by atoms with E-state index in [9.17, 15) is 9.59 Å². The Morgan fingerprint density at radius 2 is 1.03 bits per heavy atom. The Hall–Kier alpha value is -0.546. The number of thiol groups is 2. The molecule has 0 saturated carbocycles. The molecular formula is C26H46O8S2Si2. The van der Waals surface area contributed by atoms with E-state index in [0.29, 0.717) is 94.1 Å². The van der Waals surface area contributed by atoms with Crippen LogP contribution in [0.5, 0.6) is 0 Å². The Kier molecular flexibility index (Phi) is 17.5. The van der Waals surface area contributed by atoms with Crippen molar-refractivity contribution in [2.45, 2.75) is 79.3 Å². The normalized spacial score (nSPS) is 12.2. The predicted molar refractivity (Wildman–Crippen MR) is 161 cm³/mol. The van der Waals surface area contributed by atoms with Gasteiger partial charge in [-0.2, -0.15) is 0 Å². The van der Waals surface area contributed by atoms with Crippen LogP contribution in [0, 0.1) is 0 Å². The molecule has 0 fully saturated rings. The van der Waals surface area contributed by atoms with Crippen LogP contribution >= 0.6 is 25.3 Å². The fraction of sp³-hybridized carbons (Fsp3) is 0.692. The summed E-state index contributed by atoms with van der Waals surface area (Å²) in [5.41, 5.74) is 2.35. The quantitative estimate of drug-likeness (QED) is 0.127. The van der Waals surface area contributed by atoms with Crippen LogP contribution in [0.1, 0.15) is 86.2 Å². The lowest BCUT2D eigenvalue weighted by Crippen LogP contribution is -2.46. The topological polar surface area (TPSA) is 89.5 Å². The maximum Gasteiger partial charge on any atom is 0.500 e. The molecule has 0 radical (unpaired) electrons. The molecule has 38 heavy (non-hydrogen) atoms. The third-order valence-corrected chi connectivity index (χ3v) is 12.6. The highest BCUT2D eigenvalue weighted by Crippen LogP contribution is 2.29. The second-order valence-electron chi connectivity index (χ2n) is 8.41. The average molecular weight is 607 g/mol. The molecule has 0 bridgehead atoms. The van der Waals surface area contributed by atoms with E-state index >= 15 is 0 Å². The average Bonchev–Trinajstić information content (AvgIpc) is 2.84. The van der Waals surface area contributed by atoms with Crippen molar-refractivity contribution in [2.24, 2.45) is 0 Å². The summed E-state index contributed by atoms with van der Waals surface area (Å²) >= 11 is 8.28. The van der Waals surface area contributed by atoms with Gasteiger partial charge in [-0.25, -0.2) is 0 Å². The fourth-order valence-electron chi connectivity index (χ4n) is 4.61. The van der Waals surface area contributed by atoms with Crippen molar-refractivity contribution >= 4 is 53.1 Å². The van der Waals surface area contributed by atoms with E-state index in [1.165, 1.54) is 0 Å². The van der Waals surface area contributed by atoms with E-state index in [4.69, 9.17) is 26.6 Å². The van der Waals surface area contributed by atoms with Gasteiger partial charge >= 0.3 is 17.6 Å². The third kappa shape index (κ3) is 10.8. The first kappa shape index (κ1) is 35.5. The minimum absolute atomic E-state index is 0.378. The summed E-state index contributed by atoms with van der Waals surface area (Å²) in [5, 5.41) is -0.766. The molecule has 0 atom stereocenters. The Morgan fingerprint density at radius 1 is 0.632 bits per heavy atom. The molecule has 1 aromatic rings. The van der Waals surface area contributed by atoms with Gasteiger partial charge in [-0.15, -0.1) is 25.3 Å². The van der Waals surface area contributed by atoms with Crippen LogP contribution in [-0.2, 0) is 39.4 Å². The van der Waals surface area contributed by atoms with Gasteiger partial charge in [-0.1, -0.05) is 6.07 Å². The smallest absolute Gasteiger partial charge is 0.374 e. The molecule has 0 aliphatic rings. The molecule has 0 amide bonds. The summed E-state index contributed by atoms with van der Waals surface area (Å²) in [6.07, 6.45) is 2.37. The predicted octanol–water partition coefficient (Wildman–Crippen LogP) is 5.79. The standard InChI is InChI=1S/C26H46O8S2Si2/c1-7-29-37(30-8-2,31-9-3)19-13-15-21-17-18-23(25(27)35)22(24(21)26(28)36)16-14-20-38(32-10-4,33-11-5)34-12-6/h17-18H,7-16,19-20H2,1-6H3,(H,27,35)(H,28,36). The van der Waals surface area contributed by atoms with E-state index in [0.717, 1.165) is 5.56 Å². The Bertz CT molecular complexity index is 838. The van der Waals surface area contributed by atoms with Crippen molar-refractivity contribution in [3.8, 4) is 0 Å². The van der Waals surface area contributed by atoms with Gasteiger partial charge in [0.15, 0.2) is 0 Å². The zero-order chi connectivity index (χ0) is 28.6. The molecule has 0 aliphatic carbocycles. The lowest BCUT2D eigenvalue weighted by molar-refractivity contribution is 0.0700. The number of benzene rings is 1. The SMILES string of the molecule is CCO[Si](CCCc1ccc(C(=O)S)c(CCC[Si](OCC)(OCC)OCC)c1C(=O)S)(OCC)OCC. The van der Waals surface area contributed by atoms with Crippen molar-refractivity contribution in [3.05, 3.63) is 34.4 Å². The van der Waals surface area contributed by atoms with E-state index < -0.39 is 17.6 Å². The van der Waals surface area contributed by atoms with Crippen molar-refractivity contribution < 1.29 is 36.1 Å². The first-order valence-corrected chi connectivity index (χ1v) is 18.4. The Morgan fingerprint density at radius 3 is 1.37 bits per heavy atom. The van der Waals surface area contributed by atoms with Crippen LogP contribution in [0.2, 0.25) is 12.1 Å². The monoisotopic (exact) mass is 606 g/mol. The summed E-state index contributed by atoms with van der Waals surface area (Å²) < 4.78 is 35.8. The minimum Gasteiger partial charge on any atom is -0.374 e. The molecule has 0 spiro atoms. The first-order valence-electron chi connectivity index (χ1n) is 13.6. The van der Waals surface area contributed by atoms with Gasteiger partial charge < -0.3 is 26.6 Å². The molecule has 0 aromatic heterocycles. The van der Waals surface area contributed by atoms with Gasteiger partial charge in [0.2, 0.25) is 10.2 Å². The molecule has 12 heteroatoms. The van der Waals surface area contributed by atoms with E-state index in [2.05, 4.69) is 25.3 Å². The van der Waals surface area contributed by atoms with Crippen molar-refractivity contribution in [2.75, 3.05) is 39.6 Å². The minimum atomic E-state index is -2.86. The fourth-order valence-corrected chi connectivity index (χ4v) is 10.3. The number of hydrogen-bond acceptors (Lipinski definition) is 8. The zero-order valence-electron chi connectivity index (χ0n) is 23.8. The van der Waals surface area contributed by atoms with Crippen LogP contribution in [0.4, 0.5) is 0 Å². The van der Waals surface area contributed by atoms with Gasteiger partial charge in [0.25, 0.3) is 0 Å². The molecule has 218 valence electrons. The number of hydrogen-bond donors (Lipinski definition) is 2. The summed E-state index contributed by atoms with van der Waals surface area (Å²) in [6, 6.07) is 4.76. The second-order valence-corrected chi connectivity index (χ2v) is 14.7. The first-order chi connectivity index (χ1) is 18.2. The van der Waals surface area contributed by atoms with E-state index in [-0.39, 0.29) is 10.2 Å². The van der Waals surface area contributed by atoms with E-state index in [1.54, 1.807) is 6.07 Å². The van der Waals surface area contributed by atoms with Gasteiger partial charge in [0.1, 0.15) is 0 Å². The molecule has 8 nitrogen and oxygen atoms in total. The molecule has 0 aliphatic heterocycles.